The zero-order valence-electron chi connectivity index (χ0n) is 17.1. The van der Waals surface area contributed by atoms with Crippen molar-refractivity contribution >= 4 is 31.5 Å². The molecule has 1 saturated heterocycles. The van der Waals surface area contributed by atoms with Gasteiger partial charge in [0.2, 0.25) is 0 Å². The number of unbranched alkanes of at least 4 members (excludes halogenated alkanes) is 1. The van der Waals surface area contributed by atoms with Crippen molar-refractivity contribution in [2.45, 2.75) is 51.0 Å². The monoisotopic (exact) mass is 467 g/mol. The van der Waals surface area contributed by atoms with Crippen LogP contribution in [0.25, 0.3) is 10.1 Å². The van der Waals surface area contributed by atoms with Crippen LogP contribution in [0.2, 0.25) is 0 Å². The number of rotatable bonds is 6. The van der Waals surface area contributed by atoms with Gasteiger partial charge in [0.15, 0.2) is 0 Å². The molecule has 1 fully saturated rings. The number of ether oxygens (including phenoxy) is 1. The number of thiophene rings is 1. The molecule has 5 nitrogen and oxygen atoms in total. The lowest BCUT2D eigenvalue weighted by atomic mass is 9.89. The molecule has 0 atom stereocenters. The van der Waals surface area contributed by atoms with Gasteiger partial charge in [-0.3, -0.25) is 4.55 Å². The van der Waals surface area contributed by atoms with E-state index in [1.165, 1.54) is 55.4 Å². The second-order valence-corrected chi connectivity index (χ2v) is 9.50. The highest BCUT2D eigenvalue weighted by Crippen LogP contribution is 2.38. The van der Waals surface area contributed by atoms with Gasteiger partial charge in [0.25, 0.3) is 0 Å². The molecular weight excluding hydrogens is 439 g/mol. The van der Waals surface area contributed by atoms with E-state index < -0.39 is 15.6 Å². The first-order chi connectivity index (χ1) is 14.1. The van der Waals surface area contributed by atoms with Gasteiger partial charge in [-0.1, -0.05) is 13.3 Å². The number of benzene rings is 1. The van der Waals surface area contributed by atoms with E-state index in [9.17, 15) is 13.2 Å². The highest BCUT2D eigenvalue weighted by Gasteiger charge is 2.44. The summed E-state index contributed by atoms with van der Waals surface area (Å²) in [4.78, 5) is 2.64. The molecule has 0 saturated carbocycles. The Morgan fingerprint density at radius 2 is 1.87 bits per heavy atom. The highest BCUT2D eigenvalue weighted by atomic mass is 32.2. The Kier molecular flexibility index (Phi) is 8.96. The van der Waals surface area contributed by atoms with Crippen LogP contribution >= 0.6 is 11.3 Å². The first-order valence-electron chi connectivity index (χ1n) is 9.96. The number of halogens is 3. The molecule has 2 heterocycles. The molecule has 0 amide bonds. The summed E-state index contributed by atoms with van der Waals surface area (Å²) in [6.45, 7) is 8.86. The predicted molar refractivity (Wildman–Crippen MR) is 114 cm³/mol. The Morgan fingerprint density at radius 1 is 1.23 bits per heavy atom. The minimum atomic E-state index is -5.84. The molecule has 0 spiro atoms. The molecule has 3 rings (SSSR count). The van der Waals surface area contributed by atoms with Gasteiger partial charge >= 0.3 is 15.6 Å². The van der Waals surface area contributed by atoms with Crippen molar-refractivity contribution in [2.24, 2.45) is 0 Å². The number of alkyl halides is 3. The van der Waals surface area contributed by atoms with E-state index in [0.717, 1.165) is 18.3 Å². The van der Waals surface area contributed by atoms with Crippen LogP contribution in [0.3, 0.4) is 0 Å². The average molecular weight is 468 g/mol. The molecule has 0 unspecified atom stereocenters. The second-order valence-electron chi connectivity index (χ2n) is 7.17. The molecule has 0 radical (unpaired) electrons. The molecule has 1 aliphatic rings. The molecule has 1 N–H and O–H groups in total. The van der Waals surface area contributed by atoms with Crippen molar-refractivity contribution in [1.82, 2.24) is 4.90 Å². The minimum Gasteiger partial charge on any atom is -0.494 e. The first-order valence-corrected chi connectivity index (χ1v) is 12.3. The number of fused-ring (bicyclic) bond motifs is 1. The average Bonchev–Trinajstić information content (AvgIpc) is 3.09. The number of piperidine rings is 1. The summed E-state index contributed by atoms with van der Waals surface area (Å²) in [6.07, 6.45) is 5.24. The maximum Gasteiger partial charge on any atom is 0.522 e. The molecule has 170 valence electrons. The Hall–Kier alpha value is -1.36. The fourth-order valence-electron chi connectivity index (χ4n) is 3.45. The standard InChI is InChI=1S/C19H27NOS.CHF3O3S/c1-3-5-10-20-11-8-15(9-12-20)18-14-22-19-7-6-16(21-4-2)13-17(18)19;2-1(3,4)8(5,6)7/h6-7,13-15H,3-5,8-12H2,1-2H3;(H,5,6,7). The summed E-state index contributed by atoms with van der Waals surface area (Å²) in [5.41, 5.74) is -3.98. The van der Waals surface area contributed by atoms with Gasteiger partial charge < -0.3 is 9.64 Å². The lowest BCUT2D eigenvalue weighted by molar-refractivity contribution is -0.0510. The summed E-state index contributed by atoms with van der Waals surface area (Å²) >= 11 is 1.88. The Morgan fingerprint density at radius 3 is 2.40 bits per heavy atom. The Bertz CT molecular complexity index is 904. The van der Waals surface area contributed by atoms with Gasteiger partial charge in [0, 0.05) is 4.70 Å². The summed E-state index contributed by atoms with van der Waals surface area (Å²) < 4.78 is 64.6. The topological polar surface area (TPSA) is 66.8 Å². The number of hydrogen-bond donors (Lipinski definition) is 1. The van der Waals surface area contributed by atoms with E-state index in [1.54, 1.807) is 5.56 Å². The smallest absolute Gasteiger partial charge is 0.494 e. The Labute approximate surface area is 179 Å². The molecule has 10 heteroatoms. The number of likely N-dealkylation sites (tertiary alicyclic amines) is 1. The summed E-state index contributed by atoms with van der Waals surface area (Å²) in [5, 5.41) is 3.80. The molecule has 0 bridgehead atoms. The molecule has 30 heavy (non-hydrogen) atoms. The van der Waals surface area contributed by atoms with Crippen LogP contribution in [0.5, 0.6) is 5.75 Å². The van der Waals surface area contributed by atoms with E-state index in [4.69, 9.17) is 17.7 Å². The minimum absolute atomic E-state index is 0.725. The third-order valence-corrected chi connectivity index (χ3v) is 6.60. The molecule has 1 aromatic carbocycles. The zero-order valence-corrected chi connectivity index (χ0v) is 18.7. The maximum absolute atomic E-state index is 10.7. The number of nitrogens with zero attached hydrogens (tertiary/aromatic N) is 1. The van der Waals surface area contributed by atoms with Crippen LogP contribution in [0, 0.1) is 0 Å². The molecule has 0 aliphatic carbocycles. The van der Waals surface area contributed by atoms with Crippen molar-refractivity contribution in [1.29, 1.82) is 0 Å². The van der Waals surface area contributed by atoms with Crippen LogP contribution in [0.1, 0.15) is 51.0 Å². The molecular formula is C20H28F3NO4S2. The lowest BCUT2D eigenvalue weighted by Crippen LogP contribution is -2.33. The van der Waals surface area contributed by atoms with E-state index in [1.807, 2.05) is 18.3 Å². The van der Waals surface area contributed by atoms with E-state index in [-0.39, 0.29) is 0 Å². The van der Waals surface area contributed by atoms with Crippen LogP contribution in [0.4, 0.5) is 13.2 Å². The van der Waals surface area contributed by atoms with Crippen molar-refractivity contribution in [3.05, 3.63) is 29.1 Å². The highest BCUT2D eigenvalue weighted by molar-refractivity contribution is 7.86. The van der Waals surface area contributed by atoms with E-state index >= 15 is 0 Å². The number of hydrogen-bond acceptors (Lipinski definition) is 5. The second kappa shape index (κ2) is 10.8. The normalized spacial score (nSPS) is 16.3. The fourth-order valence-corrected chi connectivity index (χ4v) is 4.47. The molecule has 1 aliphatic heterocycles. The SMILES string of the molecule is CCCCN1CCC(c2csc3ccc(OCC)cc23)CC1.O=S(=O)(O)C(F)(F)F. The molecule has 2 aromatic rings. The lowest BCUT2D eigenvalue weighted by Gasteiger charge is -2.31. The summed E-state index contributed by atoms with van der Waals surface area (Å²) in [7, 11) is -5.84. The largest absolute Gasteiger partial charge is 0.522 e. The van der Waals surface area contributed by atoms with Gasteiger partial charge in [-0.05, 0) is 86.3 Å². The van der Waals surface area contributed by atoms with Gasteiger partial charge in [0.05, 0.1) is 6.61 Å². The quantitative estimate of drug-likeness (QED) is 0.438. The van der Waals surface area contributed by atoms with E-state index in [0.29, 0.717) is 0 Å². The first kappa shape index (κ1) is 24.9. The third kappa shape index (κ3) is 6.83. The predicted octanol–water partition coefficient (Wildman–Crippen LogP) is 5.67. The van der Waals surface area contributed by atoms with Crippen LogP contribution < -0.4 is 4.74 Å². The van der Waals surface area contributed by atoms with Gasteiger partial charge in [0.1, 0.15) is 5.75 Å². The van der Waals surface area contributed by atoms with Gasteiger partial charge in [-0.25, -0.2) is 0 Å². The van der Waals surface area contributed by atoms with Gasteiger partial charge in [-0.15, -0.1) is 11.3 Å². The maximum atomic E-state index is 10.7. The third-order valence-electron chi connectivity index (χ3n) is 5.03. The molecule has 1 aromatic heterocycles. The van der Waals surface area contributed by atoms with Gasteiger partial charge in [-0.2, -0.15) is 21.6 Å². The zero-order chi connectivity index (χ0) is 22.4. The van der Waals surface area contributed by atoms with Crippen molar-refractivity contribution in [2.75, 3.05) is 26.2 Å². The summed E-state index contributed by atoms with van der Waals surface area (Å²) in [6, 6.07) is 6.55. The van der Waals surface area contributed by atoms with Crippen molar-refractivity contribution < 1.29 is 30.9 Å². The Balaban J connectivity index is 0.000000343. The van der Waals surface area contributed by atoms with Crippen LogP contribution in [-0.2, 0) is 10.1 Å². The fraction of sp³-hybridized carbons (Fsp3) is 0.600. The van der Waals surface area contributed by atoms with Crippen molar-refractivity contribution in [3.63, 3.8) is 0 Å². The van der Waals surface area contributed by atoms with Crippen LogP contribution in [-0.4, -0.2) is 49.6 Å². The summed E-state index contributed by atoms with van der Waals surface area (Å²) in [5.74, 6) is 1.73. The van der Waals surface area contributed by atoms with E-state index in [2.05, 4.69) is 35.4 Å². The van der Waals surface area contributed by atoms with Crippen molar-refractivity contribution in [3.8, 4) is 5.75 Å². The van der Waals surface area contributed by atoms with Crippen LogP contribution in [0.15, 0.2) is 23.6 Å².